The molecule has 2 aliphatic heterocycles. The molecule has 20 heavy (non-hydrogen) atoms. The van der Waals surface area contributed by atoms with E-state index >= 15 is 0 Å². The second-order valence-corrected chi connectivity index (χ2v) is 8.57. The summed E-state index contributed by atoms with van der Waals surface area (Å²) in [6.07, 6.45) is 3.10. The van der Waals surface area contributed by atoms with Gasteiger partial charge in [0.15, 0.2) is 0 Å². The maximum absolute atomic E-state index is 11.8. The molecule has 0 spiro atoms. The summed E-state index contributed by atoms with van der Waals surface area (Å²) in [5.41, 5.74) is 0. The van der Waals surface area contributed by atoms with Crippen LogP contribution >= 0.6 is 0 Å². The van der Waals surface area contributed by atoms with Gasteiger partial charge in [-0.05, 0) is 46.6 Å². The molecule has 0 radical (unpaired) electrons. The maximum Gasteiger partial charge on any atom is 0.213 e. The van der Waals surface area contributed by atoms with Crippen molar-refractivity contribution in [2.75, 3.05) is 31.9 Å². The number of hydrogen-bond donors (Lipinski definition) is 1. The molecule has 1 atom stereocenters. The average Bonchev–Trinajstić information content (AvgIpc) is 2.88. The van der Waals surface area contributed by atoms with Crippen molar-refractivity contribution in [2.24, 2.45) is 0 Å². The predicted molar refractivity (Wildman–Crippen MR) is 82.3 cm³/mol. The summed E-state index contributed by atoms with van der Waals surface area (Å²) < 4.78 is 25.3. The van der Waals surface area contributed by atoms with E-state index in [4.69, 9.17) is 0 Å². The number of nitrogens with zero attached hydrogens (tertiary/aromatic N) is 2. The molecule has 0 bridgehead atoms. The molecule has 0 aromatic carbocycles. The first kappa shape index (κ1) is 16.2. The van der Waals surface area contributed by atoms with Gasteiger partial charge in [0.05, 0.1) is 5.75 Å². The van der Waals surface area contributed by atoms with Crippen LogP contribution in [-0.2, 0) is 10.0 Å². The monoisotopic (exact) mass is 303 g/mol. The molecule has 1 N–H and O–H groups in total. The quantitative estimate of drug-likeness (QED) is 0.819. The minimum absolute atomic E-state index is 0.219. The zero-order chi connectivity index (χ0) is 14.8. The van der Waals surface area contributed by atoms with Crippen molar-refractivity contribution in [3.63, 3.8) is 0 Å². The molecule has 0 amide bonds. The Morgan fingerprint density at radius 1 is 1.10 bits per heavy atom. The minimum atomic E-state index is -2.99. The molecule has 0 aliphatic carbocycles. The molecule has 5 nitrogen and oxygen atoms in total. The number of nitrogens with one attached hydrogen (secondary N) is 1. The van der Waals surface area contributed by atoms with E-state index in [2.05, 4.69) is 24.1 Å². The van der Waals surface area contributed by atoms with Gasteiger partial charge in [0, 0.05) is 37.8 Å². The summed E-state index contributed by atoms with van der Waals surface area (Å²) in [6.45, 7) is 9.87. The fraction of sp³-hybridized carbons (Fsp3) is 1.00. The van der Waals surface area contributed by atoms with Crippen LogP contribution in [0.5, 0.6) is 0 Å². The van der Waals surface area contributed by atoms with Gasteiger partial charge in [-0.2, -0.15) is 0 Å². The lowest BCUT2D eigenvalue weighted by Gasteiger charge is -2.33. The van der Waals surface area contributed by atoms with Gasteiger partial charge in [0.2, 0.25) is 10.0 Å². The normalized spacial score (nSPS) is 27.5. The molecular weight excluding hydrogens is 274 g/mol. The van der Waals surface area contributed by atoms with E-state index in [0.717, 1.165) is 19.4 Å². The van der Waals surface area contributed by atoms with Crippen LogP contribution in [0.25, 0.3) is 0 Å². The van der Waals surface area contributed by atoms with E-state index in [9.17, 15) is 8.42 Å². The fourth-order valence-corrected chi connectivity index (χ4v) is 4.34. The van der Waals surface area contributed by atoms with Crippen LogP contribution in [0, 0.1) is 0 Å². The van der Waals surface area contributed by atoms with Gasteiger partial charge in [-0.1, -0.05) is 0 Å². The number of sulfonamides is 1. The number of rotatable bonds is 5. The number of likely N-dealkylation sites (tertiary alicyclic amines) is 1. The van der Waals surface area contributed by atoms with E-state index in [1.165, 1.54) is 13.0 Å². The highest BCUT2D eigenvalue weighted by Crippen LogP contribution is 2.18. The summed E-state index contributed by atoms with van der Waals surface area (Å²) in [6, 6.07) is 1.69. The third-order valence-electron chi connectivity index (χ3n) is 4.63. The number of hydrogen-bond acceptors (Lipinski definition) is 4. The van der Waals surface area contributed by atoms with Crippen molar-refractivity contribution in [2.45, 2.75) is 58.2 Å². The van der Waals surface area contributed by atoms with Crippen molar-refractivity contribution in [1.29, 1.82) is 0 Å². The Bertz CT molecular complexity index is 403. The summed E-state index contributed by atoms with van der Waals surface area (Å²) in [5, 5.41) is 3.73. The smallest absolute Gasteiger partial charge is 0.213 e. The average molecular weight is 303 g/mol. The first-order valence-electron chi connectivity index (χ1n) is 7.90. The molecule has 0 aromatic heterocycles. The lowest BCUT2D eigenvalue weighted by atomic mass is 10.1. The summed E-state index contributed by atoms with van der Waals surface area (Å²) in [4.78, 5) is 2.51. The van der Waals surface area contributed by atoms with Crippen molar-refractivity contribution >= 4 is 10.0 Å². The van der Waals surface area contributed by atoms with Gasteiger partial charge in [0.1, 0.15) is 0 Å². The Morgan fingerprint density at radius 3 is 2.20 bits per heavy atom. The maximum atomic E-state index is 11.8. The van der Waals surface area contributed by atoms with E-state index in [1.807, 2.05) is 0 Å². The Labute approximate surface area is 123 Å². The third-order valence-corrected chi connectivity index (χ3v) is 6.52. The van der Waals surface area contributed by atoms with Crippen LogP contribution in [0.3, 0.4) is 0 Å². The molecule has 2 fully saturated rings. The Morgan fingerprint density at radius 2 is 1.70 bits per heavy atom. The summed E-state index contributed by atoms with van der Waals surface area (Å²) in [7, 11) is -2.99. The first-order chi connectivity index (χ1) is 9.42. The topological polar surface area (TPSA) is 52.7 Å². The van der Waals surface area contributed by atoms with Gasteiger partial charge in [-0.3, -0.25) is 4.90 Å². The van der Waals surface area contributed by atoms with Gasteiger partial charge in [-0.15, -0.1) is 0 Å². The van der Waals surface area contributed by atoms with E-state index < -0.39 is 10.0 Å². The zero-order valence-corrected chi connectivity index (χ0v) is 13.8. The molecular formula is C14H29N3O2S. The molecule has 2 rings (SSSR count). The molecule has 0 saturated carbocycles. The van der Waals surface area contributed by atoms with Crippen LogP contribution in [0.4, 0.5) is 0 Å². The van der Waals surface area contributed by atoms with Crippen molar-refractivity contribution < 1.29 is 8.42 Å². The summed E-state index contributed by atoms with van der Waals surface area (Å²) in [5.74, 6) is 0.219. The van der Waals surface area contributed by atoms with Crippen LogP contribution in [0.1, 0.15) is 40.0 Å². The van der Waals surface area contributed by atoms with Crippen LogP contribution < -0.4 is 5.32 Å². The molecule has 1 unspecified atom stereocenters. The van der Waals surface area contributed by atoms with Crippen LogP contribution in [0.15, 0.2) is 0 Å². The fourth-order valence-electron chi connectivity index (χ4n) is 3.21. The Kier molecular flexibility index (Phi) is 5.45. The van der Waals surface area contributed by atoms with Gasteiger partial charge >= 0.3 is 0 Å². The molecule has 2 saturated heterocycles. The highest BCUT2D eigenvalue weighted by molar-refractivity contribution is 7.89. The van der Waals surface area contributed by atoms with E-state index in [0.29, 0.717) is 31.2 Å². The second kappa shape index (κ2) is 6.73. The zero-order valence-electron chi connectivity index (χ0n) is 13.0. The SMILES string of the molecule is CCS(=O)(=O)N1CCC(NC2CCN(C(C)C)C2)CC1. The highest BCUT2D eigenvalue weighted by atomic mass is 32.2. The molecule has 0 aromatic rings. The number of piperidine rings is 1. The third kappa shape index (κ3) is 3.93. The lowest BCUT2D eigenvalue weighted by Crippen LogP contribution is -2.48. The van der Waals surface area contributed by atoms with E-state index in [1.54, 1.807) is 11.2 Å². The standard InChI is InChI=1S/C14H29N3O2S/c1-4-20(18,19)17-9-6-13(7-10-17)15-14-5-8-16(11-14)12(2)3/h12-15H,4-11H2,1-3H3. The highest BCUT2D eigenvalue weighted by Gasteiger charge is 2.30. The Balaban J connectivity index is 1.75. The molecule has 6 heteroatoms. The molecule has 2 heterocycles. The van der Waals surface area contributed by atoms with E-state index in [-0.39, 0.29) is 5.75 Å². The largest absolute Gasteiger partial charge is 0.310 e. The van der Waals surface area contributed by atoms with Crippen molar-refractivity contribution in [3.05, 3.63) is 0 Å². The lowest BCUT2D eigenvalue weighted by molar-refractivity contribution is 0.248. The van der Waals surface area contributed by atoms with Gasteiger partial charge < -0.3 is 5.32 Å². The van der Waals surface area contributed by atoms with Crippen molar-refractivity contribution in [3.8, 4) is 0 Å². The van der Waals surface area contributed by atoms with Crippen LogP contribution in [0.2, 0.25) is 0 Å². The van der Waals surface area contributed by atoms with Gasteiger partial charge in [0.25, 0.3) is 0 Å². The van der Waals surface area contributed by atoms with Crippen LogP contribution in [-0.4, -0.2) is 67.7 Å². The minimum Gasteiger partial charge on any atom is -0.310 e. The molecule has 118 valence electrons. The predicted octanol–water partition coefficient (Wildman–Crippen LogP) is 0.873. The Hall–Kier alpha value is -0.170. The first-order valence-corrected chi connectivity index (χ1v) is 9.51. The molecule has 2 aliphatic rings. The summed E-state index contributed by atoms with van der Waals surface area (Å²) >= 11 is 0. The van der Waals surface area contributed by atoms with Gasteiger partial charge in [-0.25, -0.2) is 12.7 Å². The van der Waals surface area contributed by atoms with Crippen molar-refractivity contribution in [1.82, 2.24) is 14.5 Å². The second-order valence-electron chi connectivity index (χ2n) is 6.31.